The predicted molar refractivity (Wildman–Crippen MR) is 55.1 cm³/mol. The Kier molecular flexibility index (Phi) is 2.03. The molecular weight excluding hydrogens is 190 g/mol. The molecule has 0 aliphatic heterocycles. The van der Waals surface area contributed by atoms with Crippen LogP contribution in [0.25, 0.3) is 10.9 Å². The second-order valence-electron chi connectivity index (χ2n) is 2.52. The normalized spacial score (nSPS) is 10.8. The topological polar surface area (TPSA) is 15.8 Å². The maximum atomic E-state index is 6.14. The summed E-state index contributed by atoms with van der Waals surface area (Å²) in [5.41, 5.74) is 1.10. The van der Waals surface area contributed by atoms with Crippen LogP contribution in [0.4, 0.5) is 0 Å². The minimum atomic E-state index is 0.848. The van der Waals surface area contributed by atoms with E-state index in [1.807, 2.05) is 30.7 Å². The SMILES string of the molecule is CSc1ccc2[nH]ccc2c1Cl. The van der Waals surface area contributed by atoms with E-state index in [9.17, 15) is 0 Å². The Bertz CT molecular complexity index is 408. The fraction of sp³-hybridized carbons (Fsp3) is 0.111. The molecular formula is C9H8ClNS. The third-order valence-corrected chi connectivity index (χ3v) is 3.15. The summed E-state index contributed by atoms with van der Waals surface area (Å²) in [7, 11) is 0. The molecule has 0 fully saturated rings. The number of aromatic amines is 1. The van der Waals surface area contributed by atoms with Crippen molar-refractivity contribution >= 4 is 34.3 Å². The van der Waals surface area contributed by atoms with Gasteiger partial charge in [0, 0.05) is 22.0 Å². The average molecular weight is 198 g/mol. The first-order valence-electron chi connectivity index (χ1n) is 3.62. The van der Waals surface area contributed by atoms with Crippen molar-refractivity contribution in [1.29, 1.82) is 0 Å². The fourth-order valence-corrected chi connectivity index (χ4v) is 2.19. The molecule has 1 heterocycles. The molecule has 0 unspecified atom stereocenters. The van der Waals surface area contributed by atoms with E-state index in [0.717, 1.165) is 20.8 Å². The van der Waals surface area contributed by atoms with Gasteiger partial charge in [-0.25, -0.2) is 0 Å². The van der Waals surface area contributed by atoms with Crippen LogP contribution in [0.2, 0.25) is 5.02 Å². The van der Waals surface area contributed by atoms with Crippen molar-refractivity contribution in [2.24, 2.45) is 0 Å². The largest absolute Gasteiger partial charge is 0.361 e. The zero-order valence-corrected chi connectivity index (χ0v) is 8.17. The Morgan fingerprint density at radius 3 is 2.92 bits per heavy atom. The van der Waals surface area contributed by atoms with Crippen LogP contribution in [0.1, 0.15) is 0 Å². The molecule has 0 bridgehead atoms. The molecule has 1 aromatic heterocycles. The quantitative estimate of drug-likeness (QED) is 0.692. The maximum Gasteiger partial charge on any atom is 0.0635 e. The fourth-order valence-electron chi connectivity index (χ4n) is 1.23. The number of aromatic nitrogens is 1. The zero-order valence-electron chi connectivity index (χ0n) is 6.60. The Morgan fingerprint density at radius 1 is 1.33 bits per heavy atom. The molecule has 3 heteroatoms. The van der Waals surface area contributed by atoms with E-state index in [1.165, 1.54) is 0 Å². The average Bonchev–Trinajstić information content (AvgIpc) is 2.53. The second-order valence-corrected chi connectivity index (χ2v) is 3.75. The van der Waals surface area contributed by atoms with E-state index in [2.05, 4.69) is 4.98 Å². The lowest BCUT2D eigenvalue weighted by Crippen LogP contribution is -1.74. The van der Waals surface area contributed by atoms with Gasteiger partial charge in [-0.1, -0.05) is 11.6 Å². The molecule has 0 amide bonds. The summed E-state index contributed by atoms with van der Waals surface area (Å²) in [4.78, 5) is 4.25. The van der Waals surface area contributed by atoms with Gasteiger partial charge in [-0.3, -0.25) is 0 Å². The highest BCUT2D eigenvalue weighted by Gasteiger charge is 2.03. The molecule has 62 valence electrons. The molecule has 2 aromatic rings. The van der Waals surface area contributed by atoms with Gasteiger partial charge < -0.3 is 4.98 Å². The molecule has 0 aliphatic carbocycles. The summed E-state index contributed by atoms with van der Waals surface area (Å²) in [5, 5.41) is 1.95. The number of hydrogen-bond acceptors (Lipinski definition) is 1. The Balaban J connectivity index is 2.78. The van der Waals surface area contributed by atoms with E-state index in [4.69, 9.17) is 11.6 Å². The summed E-state index contributed by atoms with van der Waals surface area (Å²) in [5.74, 6) is 0. The van der Waals surface area contributed by atoms with E-state index >= 15 is 0 Å². The predicted octanol–water partition coefficient (Wildman–Crippen LogP) is 3.54. The van der Waals surface area contributed by atoms with Gasteiger partial charge in [0.25, 0.3) is 0 Å². The lowest BCUT2D eigenvalue weighted by molar-refractivity contribution is 1.45. The lowest BCUT2D eigenvalue weighted by Gasteiger charge is -2.00. The van der Waals surface area contributed by atoms with Crippen LogP contribution in [0.15, 0.2) is 29.3 Å². The number of hydrogen-bond donors (Lipinski definition) is 1. The van der Waals surface area contributed by atoms with Crippen molar-refractivity contribution < 1.29 is 0 Å². The first-order chi connectivity index (χ1) is 5.83. The summed E-state index contributed by atoms with van der Waals surface area (Å²) in [6, 6.07) is 6.08. The first-order valence-corrected chi connectivity index (χ1v) is 5.23. The molecule has 12 heavy (non-hydrogen) atoms. The highest BCUT2D eigenvalue weighted by atomic mass is 35.5. The van der Waals surface area contributed by atoms with Crippen LogP contribution in [-0.4, -0.2) is 11.2 Å². The monoisotopic (exact) mass is 197 g/mol. The summed E-state index contributed by atoms with van der Waals surface area (Å²) >= 11 is 7.81. The van der Waals surface area contributed by atoms with Crippen molar-refractivity contribution in [2.75, 3.05) is 6.26 Å². The van der Waals surface area contributed by atoms with Gasteiger partial charge in [-0.15, -0.1) is 11.8 Å². The van der Waals surface area contributed by atoms with E-state index < -0.39 is 0 Å². The van der Waals surface area contributed by atoms with Crippen LogP contribution >= 0.6 is 23.4 Å². The van der Waals surface area contributed by atoms with Crippen LogP contribution in [0.3, 0.4) is 0 Å². The van der Waals surface area contributed by atoms with Gasteiger partial charge in [0.1, 0.15) is 0 Å². The van der Waals surface area contributed by atoms with Crippen molar-refractivity contribution in [2.45, 2.75) is 4.90 Å². The third kappa shape index (κ3) is 1.11. The zero-order chi connectivity index (χ0) is 8.55. The second kappa shape index (κ2) is 3.04. The smallest absolute Gasteiger partial charge is 0.0635 e. The van der Waals surface area contributed by atoms with Crippen molar-refractivity contribution in [3.63, 3.8) is 0 Å². The van der Waals surface area contributed by atoms with Crippen LogP contribution < -0.4 is 0 Å². The van der Waals surface area contributed by atoms with Crippen molar-refractivity contribution in [1.82, 2.24) is 4.98 Å². The molecule has 0 radical (unpaired) electrons. The Labute approximate surface area is 80.1 Å². The number of H-pyrrole nitrogens is 1. The maximum absolute atomic E-state index is 6.14. The van der Waals surface area contributed by atoms with Gasteiger partial charge in [-0.2, -0.15) is 0 Å². The van der Waals surface area contributed by atoms with Crippen LogP contribution in [-0.2, 0) is 0 Å². The number of thioether (sulfide) groups is 1. The molecule has 0 saturated carbocycles. The highest BCUT2D eigenvalue weighted by Crippen LogP contribution is 2.31. The molecule has 0 spiro atoms. The summed E-state index contributed by atoms with van der Waals surface area (Å²) in [6.45, 7) is 0. The lowest BCUT2D eigenvalue weighted by atomic mass is 10.2. The molecule has 1 nitrogen and oxygen atoms in total. The highest BCUT2D eigenvalue weighted by molar-refractivity contribution is 7.98. The molecule has 0 atom stereocenters. The molecule has 1 aromatic carbocycles. The third-order valence-electron chi connectivity index (χ3n) is 1.85. The molecule has 0 aliphatic rings. The van der Waals surface area contributed by atoms with Crippen LogP contribution in [0.5, 0.6) is 0 Å². The minimum absolute atomic E-state index is 0.848. The number of nitrogens with one attached hydrogen (secondary N) is 1. The first kappa shape index (κ1) is 8.02. The van der Waals surface area contributed by atoms with Gasteiger partial charge in [0.2, 0.25) is 0 Å². The van der Waals surface area contributed by atoms with Gasteiger partial charge in [0.05, 0.1) is 5.02 Å². The standard InChI is InChI=1S/C9H8ClNS/c1-12-8-3-2-7-6(9(8)10)4-5-11-7/h2-5,11H,1H3. The number of halogens is 1. The van der Waals surface area contributed by atoms with Crippen LogP contribution in [0, 0.1) is 0 Å². The van der Waals surface area contributed by atoms with Gasteiger partial charge in [-0.05, 0) is 24.5 Å². The molecule has 0 saturated heterocycles. The number of benzene rings is 1. The summed E-state index contributed by atoms with van der Waals surface area (Å²) in [6.07, 6.45) is 3.93. The minimum Gasteiger partial charge on any atom is -0.361 e. The van der Waals surface area contributed by atoms with Gasteiger partial charge >= 0.3 is 0 Å². The molecule has 1 N–H and O–H groups in total. The summed E-state index contributed by atoms with van der Waals surface area (Å²) < 4.78 is 0. The van der Waals surface area contributed by atoms with Crippen molar-refractivity contribution in [3.8, 4) is 0 Å². The van der Waals surface area contributed by atoms with E-state index in [-0.39, 0.29) is 0 Å². The van der Waals surface area contributed by atoms with E-state index in [1.54, 1.807) is 11.8 Å². The van der Waals surface area contributed by atoms with Crippen molar-refractivity contribution in [3.05, 3.63) is 29.4 Å². The van der Waals surface area contributed by atoms with E-state index in [0.29, 0.717) is 0 Å². The van der Waals surface area contributed by atoms with Gasteiger partial charge in [0.15, 0.2) is 0 Å². The number of rotatable bonds is 1. The Morgan fingerprint density at radius 2 is 2.17 bits per heavy atom. The number of fused-ring (bicyclic) bond motifs is 1. The Hall–Kier alpha value is -0.600. The molecule has 2 rings (SSSR count).